The van der Waals surface area contributed by atoms with Gasteiger partial charge in [-0.25, -0.2) is 4.39 Å². The van der Waals surface area contributed by atoms with Crippen molar-refractivity contribution >= 4 is 12.2 Å². The van der Waals surface area contributed by atoms with Gasteiger partial charge < -0.3 is 4.98 Å². The number of H-pyrrole nitrogens is 1. The molecule has 0 amide bonds. The molecule has 0 bridgehead atoms. The summed E-state index contributed by atoms with van der Waals surface area (Å²) >= 11 is 4.64. The molecule has 6 heteroatoms. The average Bonchev–Trinajstić information content (AvgIpc) is 2.32. The van der Waals surface area contributed by atoms with Gasteiger partial charge >= 0.3 is 6.18 Å². The van der Waals surface area contributed by atoms with Gasteiger partial charge in [0.1, 0.15) is 4.64 Å². The van der Waals surface area contributed by atoms with E-state index in [1.807, 2.05) is 0 Å². The lowest BCUT2D eigenvalue weighted by Gasteiger charge is -2.08. The number of hydrogen-bond acceptors (Lipinski definition) is 1. The van der Waals surface area contributed by atoms with Gasteiger partial charge in [-0.1, -0.05) is 24.4 Å². The van der Waals surface area contributed by atoms with Crippen LogP contribution in [0.25, 0.3) is 11.1 Å². The molecule has 2 aromatic rings. The van der Waals surface area contributed by atoms with Crippen molar-refractivity contribution in [2.24, 2.45) is 0 Å². The smallest absolute Gasteiger partial charge is 0.350 e. The van der Waals surface area contributed by atoms with Crippen molar-refractivity contribution in [3.05, 3.63) is 52.5 Å². The molecule has 0 aliphatic heterocycles. The zero-order valence-corrected chi connectivity index (χ0v) is 9.70. The van der Waals surface area contributed by atoms with Crippen LogP contribution in [0.4, 0.5) is 17.6 Å². The summed E-state index contributed by atoms with van der Waals surface area (Å²) in [5.41, 5.74) is -0.190. The van der Waals surface area contributed by atoms with Gasteiger partial charge in [-0.05, 0) is 23.8 Å². The van der Waals surface area contributed by atoms with Crippen molar-refractivity contribution in [2.45, 2.75) is 6.18 Å². The Hall–Kier alpha value is -1.69. The molecular weight excluding hydrogens is 266 g/mol. The SMILES string of the molecule is Fc1cc(-c2cccc(C(F)(F)F)c2)c[nH]c1=S. The van der Waals surface area contributed by atoms with Crippen molar-refractivity contribution in [1.29, 1.82) is 0 Å². The van der Waals surface area contributed by atoms with E-state index in [9.17, 15) is 17.6 Å². The van der Waals surface area contributed by atoms with E-state index in [2.05, 4.69) is 17.2 Å². The molecule has 2 rings (SSSR count). The van der Waals surface area contributed by atoms with Crippen LogP contribution in [0.2, 0.25) is 0 Å². The first kappa shape index (κ1) is 12.8. The third-order valence-corrected chi connectivity index (χ3v) is 2.69. The van der Waals surface area contributed by atoms with E-state index in [0.29, 0.717) is 5.56 Å². The first-order valence-electron chi connectivity index (χ1n) is 4.94. The summed E-state index contributed by atoms with van der Waals surface area (Å²) in [7, 11) is 0. The van der Waals surface area contributed by atoms with Crippen LogP contribution in [0.3, 0.4) is 0 Å². The Labute approximate surface area is 105 Å². The van der Waals surface area contributed by atoms with Crippen LogP contribution < -0.4 is 0 Å². The summed E-state index contributed by atoms with van der Waals surface area (Å²) < 4.78 is 50.7. The quantitative estimate of drug-likeness (QED) is 0.594. The second-order valence-electron chi connectivity index (χ2n) is 3.64. The second-order valence-corrected chi connectivity index (χ2v) is 4.05. The van der Waals surface area contributed by atoms with Gasteiger partial charge in [0.15, 0.2) is 5.82 Å². The number of hydrogen-bond donors (Lipinski definition) is 1. The molecule has 1 aromatic heterocycles. The standard InChI is InChI=1S/C12H7F4NS/c13-10-5-8(6-17-11(10)18)7-2-1-3-9(4-7)12(14,15)16/h1-6H,(H,17,18). The molecule has 0 atom stereocenters. The molecule has 0 unspecified atom stereocenters. The molecule has 1 aromatic carbocycles. The highest BCUT2D eigenvalue weighted by Crippen LogP contribution is 2.32. The number of aromatic amines is 1. The van der Waals surface area contributed by atoms with Crippen LogP contribution in [0.1, 0.15) is 5.56 Å². The predicted molar refractivity (Wildman–Crippen MR) is 62.0 cm³/mol. The average molecular weight is 273 g/mol. The molecule has 18 heavy (non-hydrogen) atoms. The third-order valence-electron chi connectivity index (χ3n) is 2.38. The van der Waals surface area contributed by atoms with E-state index in [0.717, 1.165) is 18.2 Å². The van der Waals surface area contributed by atoms with Crippen molar-refractivity contribution in [1.82, 2.24) is 4.98 Å². The van der Waals surface area contributed by atoms with Gasteiger partial charge in [0.05, 0.1) is 5.56 Å². The first-order valence-corrected chi connectivity index (χ1v) is 5.34. The lowest BCUT2D eigenvalue weighted by Crippen LogP contribution is -2.04. The Morgan fingerprint density at radius 3 is 2.39 bits per heavy atom. The summed E-state index contributed by atoms with van der Waals surface area (Å²) in [6.45, 7) is 0. The zero-order valence-electron chi connectivity index (χ0n) is 8.88. The Bertz CT molecular complexity index is 630. The normalized spacial score (nSPS) is 11.6. The molecule has 1 N–H and O–H groups in total. The van der Waals surface area contributed by atoms with Gasteiger partial charge in [0.25, 0.3) is 0 Å². The van der Waals surface area contributed by atoms with Crippen LogP contribution in [0, 0.1) is 10.5 Å². The predicted octanol–water partition coefficient (Wildman–Crippen LogP) is 4.57. The minimum Gasteiger partial charge on any atom is -0.350 e. The van der Waals surface area contributed by atoms with Crippen molar-refractivity contribution in [3.8, 4) is 11.1 Å². The van der Waals surface area contributed by atoms with Gasteiger partial charge in [-0.15, -0.1) is 0 Å². The Balaban J connectivity index is 2.51. The highest BCUT2D eigenvalue weighted by atomic mass is 32.1. The van der Waals surface area contributed by atoms with Gasteiger partial charge in [-0.3, -0.25) is 0 Å². The molecule has 0 aliphatic carbocycles. The third kappa shape index (κ3) is 2.59. The maximum atomic E-state index is 13.2. The number of rotatable bonds is 1. The second kappa shape index (κ2) is 4.53. The van der Waals surface area contributed by atoms with Crippen LogP contribution in [0.15, 0.2) is 36.5 Å². The molecule has 94 valence electrons. The van der Waals surface area contributed by atoms with E-state index < -0.39 is 17.6 Å². The molecule has 0 fully saturated rings. The van der Waals surface area contributed by atoms with Gasteiger partial charge in [0.2, 0.25) is 0 Å². The van der Waals surface area contributed by atoms with E-state index >= 15 is 0 Å². The Kier molecular flexibility index (Phi) is 3.21. The minimum atomic E-state index is -4.42. The Morgan fingerprint density at radius 2 is 1.78 bits per heavy atom. The molecule has 1 heterocycles. The van der Waals surface area contributed by atoms with Crippen molar-refractivity contribution in [2.75, 3.05) is 0 Å². The fraction of sp³-hybridized carbons (Fsp3) is 0.0833. The molecule has 0 radical (unpaired) electrons. The molecule has 0 saturated carbocycles. The monoisotopic (exact) mass is 273 g/mol. The fourth-order valence-electron chi connectivity index (χ4n) is 1.50. The highest BCUT2D eigenvalue weighted by molar-refractivity contribution is 7.71. The highest BCUT2D eigenvalue weighted by Gasteiger charge is 2.30. The summed E-state index contributed by atoms with van der Waals surface area (Å²) in [6, 6.07) is 5.78. The maximum Gasteiger partial charge on any atom is 0.416 e. The van der Waals surface area contributed by atoms with Crippen molar-refractivity contribution in [3.63, 3.8) is 0 Å². The van der Waals surface area contributed by atoms with E-state index in [1.54, 1.807) is 0 Å². The first-order chi connectivity index (χ1) is 8.38. The number of pyridine rings is 1. The van der Waals surface area contributed by atoms with Crippen molar-refractivity contribution < 1.29 is 17.6 Å². The number of aromatic nitrogens is 1. The number of benzene rings is 1. The summed E-state index contributed by atoms with van der Waals surface area (Å²) in [4.78, 5) is 2.48. The molecule has 0 aliphatic rings. The molecule has 0 saturated heterocycles. The van der Waals surface area contributed by atoms with Crippen LogP contribution in [0.5, 0.6) is 0 Å². The molecular formula is C12H7F4NS. The van der Waals surface area contributed by atoms with Crippen LogP contribution in [-0.4, -0.2) is 4.98 Å². The zero-order chi connectivity index (χ0) is 13.3. The number of halogens is 4. The topological polar surface area (TPSA) is 15.8 Å². The van der Waals surface area contributed by atoms with E-state index in [4.69, 9.17) is 0 Å². The van der Waals surface area contributed by atoms with Crippen LogP contribution >= 0.6 is 12.2 Å². The summed E-state index contributed by atoms with van der Waals surface area (Å²) in [5.74, 6) is -0.667. The molecule has 0 spiro atoms. The lowest BCUT2D eigenvalue weighted by molar-refractivity contribution is -0.137. The number of alkyl halides is 3. The fourth-order valence-corrected chi connectivity index (χ4v) is 1.62. The van der Waals surface area contributed by atoms with Crippen LogP contribution in [-0.2, 0) is 6.18 Å². The number of nitrogens with one attached hydrogen (secondary N) is 1. The summed E-state index contributed by atoms with van der Waals surface area (Å²) in [6.07, 6.45) is -3.04. The maximum absolute atomic E-state index is 13.2. The van der Waals surface area contributed by atoms with Gasteiger partial charge in [0, 0.05) is 11.8 Å². The largest absolute Gasteiger partial charge is 0.416 e. The lowest BCUT2D eigenvalue weighted by atomic mass is 10.0. The Morgan fingerprint density at radius 1 is 1.06 bits per heavy atom. The summed E-state index contributed by atoms with van der Waals surface area (Å²) in [5, 5.41) is 0. The van der Waals surface area contributed by atoms with E-state index in [-0.39, 0.29) is 10.2 Å². The minimum absolute atomic E-state index is 0.0780. The van der Waals surface area contributed by atoms with Gasteiger partial charge in [-0.2, -0.15) is 13.2 Å². The van der Waals surface area contributed by atoms with E-state index in [1.165, 1.54) is 18.3 Å². The molecule has 1 nitrogen and oxygen atoms in total.